The molecule has 3 nitrogen and oxygen atoms in total. The van der Waals surface area contributed by atoms with Gasteiger partial charge in [0.1, 0.15) is 6.79 Å². The smallest absolute Gasteiger partial charge is 0.106 e. The third-order valence-corrected chi connectivity index (χ3v) is 2.51. The SMILES string of the molecule is C=O.CCCNC(CC)C1CCCO1. The van der Waals surface area contributed by atoms with Crippen LogP contribution in [0.3, 0.4) is 0 Å². The van der Waals surface area contributed by atoms with Crippen molar-refractivity contribution in [2.24, 2.45) is 0 Å². The van der Waals surface area contributed by atoms with Gasteiger partial charge in [0.25, 0.3) is 0 Å². The molecule has 0 amide bonds. The zero-order valence-corrected chi connectivity index (χ0v) is 9.42. The summed E-state index contributed by atoms with van der Waals surface area (Å²) in [5, 5.41) is 3.54. The lowest BCUT2D eigenvalue weighted by atomic mass is 10.1. The summed E-state index contributed by atoms with van der Waals surface area (Å²) in [7, 11) is 0. The second-order valence-corrected chi connectivity index (χ2v) is 3.52. The molecule has 1 rings (SSSR count). The highest BCUT2D eigenvalue weighted by molar-refractivity contribution is 5.10. The van der Waals surface area contributed by atoms with Crippen molar-refractivity contribution in [3.63, 3.8) is 0 Å². The molecule has 1 aliphatic heterocycles. The summed E-state index contributed by atoms with van der Waals surface area (Å²) in [5.74, 6) is 0. The molecule has 1 aliphatic rings. The average molecular weight is 201 g/mol. The maximum absolute atomic E-state index is 8.00. The van der Waals surface area contributed by atoms with Crippen molar-refractivity contribution in [3.05, 3.63) is 0 Å². The van der Waals surface area contributed by atoms with Gasteiger partial charge in [-0.3, -0.25) is 0 Å². The van der Waals surface area contributed by atoms with E-state index in [1.54, 1.807) is 0 Å². The summed E-state index contributed by atoms with van der Waals surface area (Å²) in [6.45, 7) is 8.53. The highest BCUT2D eigenvalue weighted by Crippen LogP contribution is 2.17. The van der Waals surface area contributed by atoms with Crippen LogP contribution in [-0.4, -0.2) is 32.1 Å². The number of ether oxygens (including phenoxy) is 1. The van der Waals surface area contributed by atoms with Crippen LogP contribution in [0.25, 0.3) is 0 Å². The standard InChI is InChI=1S/C10H21NO.CH2O/c1-3-7-11-9(4-2)10-6-5-8-12-10;1-2/h9-11H,3-8H2,1-2H3;1H2. The number of nitrogens with one attached hydrogen (secondary N) is 1. The van der Waals surface area contributed by atoms with Gasteiger partial charge in [0.2, 0.25) is 0 Å². The van der Waals surface area contributed by atoms with Crippen LogP contribution in [-0.2, 0) is 9.53 Å². The first-order valence-electron chi connectivity index (χ1n) is 5.52. The van der Waals surface area contributed by atoms with Crippen molar-refractivity contribution in [2.45, 2.75) is 51.7 Å². The van der Waals surface area contributed by atoms with E-state index in [0.717, 1.165) is 13.2 Å². The molecule has 0 aromatic carbocycles. The molecule has 14 heavy (non-hydrogen) atoms. The van der Waals surface area contributed by atoms with E-state index in [2.05, 4.69) is 19.2 Å². The summed E-state index contributed by atoms with van der Waals surface area (Å²) in [6.07, 6.45) is 5.37. The van der Waals surface area contributed by atoms with Crippen LogP contribution in [0.2, 0.25) is 0 Å². The summed E-state index contributed by atoms with van der Waals surface area (Å²) in [5.41, 5.74) is 0. The normalized spacial score (nSPS) is 22.6. The van der Waals surface area contributed by atoms with E-state index < -0.39 is 0 Å². The lowest BCUT2D eigenvalue weighted by Crippen LogP contribution is -2.39. The monoisotopic (exact) mass is 201 g/mol. The van der Waals surface area contributed by atoms with Gasteiger partial charge in [-0.15, -0.1) is 0 Å². The molecular formula is C11H23NO2. The molecule has 2 unspecified atom stereocenters. The Morgan fingerprint density at radius 1 is 1.50 bits per heavy atom. The molecule has 0 saturated carbocycles. The van der Waals surface area contributed by atoms with Gasteiger partial charge in [0, 0.05) is 12.6 Å². The number of rotatable bonds is 5. The Hall–Kier alpha value is -0.410. The van der Waals surface area contributed by atoms with Crippen molar-refractivity contribution in [1.82, 2.24) is 5.32 Å². The molecule has 84 valence electrons. The second-order valence-electron chi connectivity index (χ2n) is 3.52. The molecule has 1 N–H and O–H groups in total. The highest BCUT2D eigenvalue weighted by atomic mass is 16.5. The van der Waals surface area contributed by atoms with Crippen molar-refractivity contribution in [3.8, 4) is 0 Å². The maximum atomic E-state index is 8.00. The van der Waals surface area contributed by atoms with Crippen LogP contribution in [0.4, 0.5) is 0 Å². The average Bonchev–Trinajstić information content (AvgIpc) is 2.76. The minimum atomic E-state index is 0.488. The first-order chi connectivity index (χ1) is 6.88. The zero-order valence-electron chi connectivity index (χ0n) is 9.42. The van der Waals surface area contributed by atoms with E-state index in [0.29, 0.717) is 12.1 Å². The first-order valence-corrected chi connectivity index (χ1v) is 5.52. The number of carbonyl (C=O) groups is 1. The van der Waals surface area contributed by atoms with Crippen LogP contribution in [0.15, 0.2) is 0 Å². The van der Waals surface area contributed by atoms with Gasteiger partial charge in [0.15, 0.2) is 0 Å². The summed E-state index contributed by atoms with van der Waals surface area (Å²) in [6, 6.07) is 0.590. The third kappa shape index (κ3) is 4.72. The molecule has 0 aromatic heterocycles. The number of carbonyl (C=O) groups excluding carboxylic acids is 1. The van der Waals surface area contributed by atoms with Crippen molar-refractivity contribution < 1.29 is 9.53 Å². The van der Waals surface area contributed by atoms with Gasteiger partial charge in [-0.2, -0.15) is 0 Å². The zero-order chi connectivity index (χ0) is 10.8. The molecule has 2 atom stereocenters. The van der Waals surface area contributed by atoms with Crippen LogP contribution in [0.5, 0.6) is 0 Å². The first kappa shape index (κ1) is 13.6. The van der Waals surface area contributed by atoms with Crippen molar-refractivity contribution in [1.29, 1.82) is 0 Å². The van der Waals surface area contributed by atoms with Gasteiger partial charge in [0.05, 0.1) is 6.10 Å². The molecule has 1 heterocycles. The van der Waals surface area contributed by atoms with Crippen LogP contribution < -0.4 is 5.32 Å². The van der Waals surface area contributed by atoms with Crippen LogP contribution in [0.1, 0.15) is 39.5 Å². The minimum absolute atomic E-state index is 0.488. The highest BCUT2D eigenvalue weighted by Gasteiger charge is 2.23. The molecule has 0 radical (unpaired) electrons. The topological polar surface area (TPSA) is 38.3 Å². The van der Waals surface area contributed by atoms with Gasteiger partial charge in [-0.1, -0.05) is 13.8 Å². The lowest BCUT2D eigenvalue weighted by Gasteiger charge is -2.22. The fraction of sp³-hybridized carbons (Fsp3) is 0.909. The Bertz CT molecular complexity index is 124. The molecule has 1 fully saturated rings. The summed E-state index contributed by atoms with van der Waals surface area (Å²) >= 11 is 0. The molecule has 0 bridgehead atoms. The molecule has 0 aromatic rings. The van der Waals surface area contributed by atoms with Crippen molar-refractivity contribution >= 4 is 6.79 Å². The molecular weight excluding hydrogens is 178 g/mol. The van der Waals surface area contributed by atoms with Gasteiger partial charge >= 0.3 is 0 Å². The molecule has 3 heteroatoms. The van der Waals surface area contributed by atoms with Gasteiger partial charge in [-0.05, 0) is 32.2 Å². The Morgan fingerprint density at radius 2 is 2.21 bits per heavy atom. The summed E-state index contributed by atoms with van der Waals surface area (Å²) < 4.78 is 5.64. The molecule has 0 spiro atoms. The number of hydrogen-bond acceptors (Lipinski definition) is 3. The molecule has 1 saturated heterocycles. The Morgan fingerprint density at radius 3 is 2.64 bits per heavy atom. The minimum Gasteiger partial charge on any atom is -0.377 e. The Labute approximate surface area is 87.2 Å². The van der Waals surface area contributed by atoms with E-state index in [4.69, 9.17) is 9.53 Å². The molecule has 0 aliphatic carbocycles. The lowest BCUT2D eigenvalue weighted by molar-refractivity contribution is -0.0979. The van der Waals surface area contributed by atoms with Crippen LogP contribution in [0, 0.1) is 0 Å². The summed E-state index contributed by atoms with van der Waals surface area (Å²) in [4.78, 5) is 8.00. The van der Waals surface area contributed by atoms with E-state index in [1.807, 2.05) is 6.79 Å². The third-order valence-electron chi connectivity index (χ3n) is 2.51. The Balaban J connectivity index is 0.000000791. The fourth-order valence-electron chi connectivity index (χ4n) is 1.79. The van der Waals surface area contributed by atoms with Gasteiger partial charge < -0.3 is 14.8 Å². The van der Waals surface area contributed by atoms with Crippen LogP contribution >= 0.6 is 0 Å². The predicted molar refractivity (Wildman–Crippen MR) is 58.5 cm³/mol. The Kier molecular flexibility index (Phi) is 8.89. The quantitative estimate of drug-likeness (QED) is 0.736. The largest absolute Gasteiger partial charge is 0.377 e. The van der Waals surface area contributed by atoms with E-state index in [9.17, 15) is 0 Å². The fourth-order valence-corrected chi connectivity index (χ4v) is 1.79. The van der Waals surface area contributed by atoms with E-state index >= 15 is 0 Å². The van der Waals surface area contributed by atoms with Crippen molar-refractivity contribution in [2.75, 3.05) is 13.2 Å². The van der Waals surface area contributed by atoms with Gasteiger partial charge in [-0.25, -0.2) is 0 Å². The number of hydrogen-bond donors (Lipinski definition) is 1. The van der Waals surface area contributed by atoms with E-state index in [1.165, 1.54) is 25.7 Å². The van der Waals surface area contributed by atoms with E-state index in [-0.39, 0.29) is 0 Å². The maximum Gasteiger partial charge on any atom is 0.106 e. The second kappa shape index (κ2) is 9.16. The predicted octanol–water partition coefficient (Wildman–Crippen LogP) is 1.76.